The molecule has 0 saturated carbocycles. The summed E-state index contributed by atoms with van der Waals surface area (Å²) in [6, 6.07) is 1.74. The molecule has 0 aromatic heterocycles. The maximum atomic E-state index is 13.2. The van der Waals surface area contributed by atoms with E-state index in [4.69, 9.17) is 14.2 Å². The molecule has 3 atom stereocenters. The van der Waals surface area contributed by atoms with Gasteiger partial charge in [-0.3, -0.25) is 0 Å². The number of cyclic esters (lactones) is 1. The summed E-state index contributed by atoms with van der Waals surface area (Å²) in [7, 11) is 1.54. The maximum absolute atomic E-state index is 13.2. The van der Waals surface area contributed by atoms with E-state index in [1.54, 1.807) is 20.1 Å². The van der Waals surface area contributed by atoms with Crippen molar-refractivity contribution in [3.63, 3.8) is 0 Å². The average Bonchev–Trinajstić information content (AvgIpc) is 2.67. The molecule has 5 heteroatoms. The fourth-order valence-corrected chi connectivity index (χ4v) is 4.84. The molecule has 1 heterocycles. The molecular formula is C26H36O5. The van der Waals surface area contributed by atoms with Gasteiger partial charge in [-0.15, -0.1) is 0 Å². The van der Waals surface area contributed by atoms with Gasteiger partial charge in [-0.05, 0) is 57.1 Å². The van der Waals surface area contributed by atoms with Crippen LogP contribution in [-0.4, -0.2) is 30.6 Å². The quantitative estimate of drug-likeness (QED) is 0.310. The highest BCUT2D eigenvalue weighted by Gasteiger charge is 2.43. The van der Waals surface area contributed by atoms with Gasteiger partial charge in [0, 0.05) is 25.5 Å². The standard InChI is InChI=1S/C26H36O5/c1-7-8-9-10-18-14-21(27)23(20-13-17(4)11-12-19(20)16(2)3)24-22(18)25(28)31-26(5,30-24)15-29-6/h13-14,19-20,27H,2,7-12,15H2,1,3-6H3/t19-,20+,26?/m0/s1. The second-order valence-corrected chi connectivity index (χ2v) is 9.22. The summed E-state index contributed by atoms with van der Waals surface area (Å²) in [5.41, 5.74) is 4.19. The van der Waals surface area contributed by atoms with E-state index < -0.39 is 11.8 Å². The Morgan fingerprint density at radius 3 is 2.74 bits per heavy atom. The minimum Gasteiger partial charge on any atom is -0.507 e. The average molecular weight is 429 g/mol. The molecule has 3 rings (SSSR count). The predicted octanol–water partition coefficient (Wildman–Crippen LogP) is 6.05. The number of hydrogen-bond acceptors (Lipinski definition) is 5. The second-order valence-electron chi connectivity index (χ2n) is 9.22. The van der Waals surface area contributed by atoms with Crippen molar-refractivity contribution in [2.45, 2.75) is 77.9 Å². The molecule has 1 N–H and O–H groups in total. The maximum Gasteiger partial charge on any atom is 0.345 e. The number of esters is 1. The van der Waals surface area contributed by atoms with Crippen molar-refractivity contribution in [1.29, 1.82) is 0 Å². The van der Waals surface area contributed by atoms with Gasteiger partial charge in [0.05, 0.1) is 0 Å². The van der Waals surface area contributed by atoms with E-state index in [9.17, 15) is 9.90 Å². The topological polar surface area (TPSA) is 65.0 Å². The number of carbonyl (C=O) groups is 1. The minimum absolute atomic E-state index is 0.0991. The fraction of sp³-hybridized carbons (Fsp3) is 0.577. The van der Waals surface area contributed by atoms with E-state index in [1.165, 1.54) is 5.57 Å². The van der Waals surface area contributed by atoms with Crippen LogP contribution in [0.3, 0.4) is 0 Å². The number of rotatable bonds is 8. The molecule has 0 radical (unpaired) electrons. The van der Waals surface area contributed by atoms with Crippen molar-refractivity contribution >= 4 is 5.97 Å². The molecule has 0 bridgehead atoms. The lowest BCUT2D eigenvalue weighted by molar-refractivity contribution is -0.171. The summed E-state index contributed by atoms with van der Waals surface area (Å²) in [4.78, 5) is 13.2. The number of aromatic hydroxyl groups is 1. The zero-order chi connectivity index (χ0) is 22.8. The number of unbranched alkanes of at least 4 members (excludes halogenated alkanes) is 2. The van der Waals surface area contributed by atoms with Crippen LogP contribution in [0, 0.1) is 5.92 Å². The summed E-state index contributed by atoms with van der Waals surface area (Å²) in [6.07, 6.45) is 7.88. The van der Waals surface area contributed by atoms with E-state index in [0.717, 1.165) is 43.2 Å². The van der Waals surface area contributed by atoms with Crippen molar-refractivity contribution in [1.82, 2.24) is 0 Å². The Morgan fingerprint density at radius 2 is 2.10 bits per heavy atom. The molecule has 31 heavy (non-hydrogen) atoms. The van der Waals surface area contributed by atoms with Crippen LogP contribution in [0.5, 0.6) is 11.5 Å². The Morgan fingerprint density at radius 1 is 1.35 bits per heavy atom. The number of fused-ring (bicyclic) bond motifs is 1. The predicted molar refractivity (Wildman–Crippen MR) is 122 cm³/mol. The van der Waals surface area contributed by atoms with Crippen LogP contribution < -0.4 is 4.74 Å². The van der Waals surface area contributed by atoms with Gasteiger partial charge in [-0.1, -0.05) is 43.6 Å². The zero-order valence-electron chi connectivity index (χ0n) is 19.5. The first-order valence-corrected chi connectivity index (χ1v) is 11.3. The van der Waals surface area contributed by atoms with Crippen molar-refractivity contribution in [3.05, 3.63) is 46.6 Å². The Bertz CT molecular complexity index is 884. The Hall–Kier alpha value is -2.27. The number of phenols is 1. The largest absolute Gasteiger partial charge is 0.507 e. The van der Waals surface area contributed by atoms with Crippen LogP contribution in [0.1, 0.15) is 87.2 Å². The number of carbonyl (C=O) groups excluding carboxylic acids is 1. The molecule has 1 unspecified atom stereocenters. The van der Waals surface area contributed by atoms with Gasteiger partial charge in [0.1, 0.15) is 23.7 Å². The normalized spacial score (nSPS) is 25.3. The van der Waals surface area contributed by atoms with Gasteiger partial charge < -0.3 is 19.3 Å². The van der Waals surface area contributed by atoms with Crippen LogP contribution in [0.25, 0.3) is 0 Å². The third-order valence-corrected chi connectivity index (χ3v) is 6.38. The second kappa shape index (κ2) is 9.47. The molecule has 5 nitrogen and oxygen atoms in total. The number of phenolic OH excluding ortho intramolecular Hbond substituents is 1. The van der Waals surface area contributed by atoms with Crippen LogP contribution >= 0.6 is 0 Å². The van der Waals surface area contributed by atoms with E-state index in [1.807, 2.05) is 6.92 Å². The first-order chi connectivity index (χ1) is 14.7. The van der Waals surface area contributed by atoms with Crippen molar-refractivity contribution in [2.24, 2.45) is 5.92 Å². The lowest BCUT2D eigenvalue weighted by Gasteiger charge is -2.39. The highest BCUT2D eigenvalue weighted by molar-refractivity contribution is 5.96. The Labute approximate surface area is 186 Å². The number of allylic oxidation sites excluding steroid dienone is 3. The number of aryl methyl sites for hydroxylation is 1. The lowest BCUT2D eigenvalue weighted by atomic mass is 9.73. The third kappa shape index (κ3) is 4.82. The first kappa shape index (κ1) is 23.4. The highest BCUT2D eigenvalue weighted by Crippen LogP contribution is 2.50. The van der Waals surface area contributed by atoms with Gasteiger partial charge >= 0.3 is 5.97 Å². The van der Waals surface area contributed by atoms with Crippen LogP contribution in [0.15, 0.2) is 29.9 Å². The molecule has 170 valence electrons. The minimum atomic E-state index is -1.24. The van der Waals surface area contributed by atoms with E-state index >= 15 is 0 Å². The van der Waals surface area contributed by atoms with Crippen molar-refractivity contribution in [3.8, 4) is 11.5 Å². The van der Waals surface area contributed by atoms with Crippen LogP contribution in [0.4, 0.5) is 0 Å². The molecule has 0 spiro atoms. The summed E-state index contributed by atoms with van der Waals surface area (Å²) >= 11 is 0. The number of hydrogen-bond donors (Lipinski definition) is 1. The fourth-order valence-electron chi connectivity index (χ4n) is 4.84. The molecule has 0 saturated heterocycles. The molecule has 2 aliphatic rings. The van der Waals surface area contributed by atoms with Gasteiger partial charge in [-0.25, -0.2) is 4.79 Å². The Kier molecular flexibility index (Phi) is 7.15. The van der Waals surface area contributed by atoms with E-state index in [-0.39, 0.29) is 24.2 Å². The first-order valence-electron chi connectivity index (χ1n) is 11.3. The van der Waals surface area contributed by atoms with Crippen LogP contribution in [0.2, 0.25) is 0 Å². The highest BCUT2D eigenvalue weighted by atomic mass is 16.7. The monoisotopic (exact) mass is 428 g/mol. The smallest absolute Gasteiger partial charge is 0.345 e. The lowest BCUT2D eigenvalue weighted by Crippen LogP contribution is -2.46. The summed E-state index contributed by atoms with van der Waals surface area (Å²) in [5.74, 6) is -1.00. The van der Waals surface area contributed by atoms with Gasteiger partial charge in [0.25, 0.3) is 5.79 Å². The van der Waals surface area contributed by atoms with Crippen molar-refractivity contribution in [2.75, 3.05) is 13.7 Å². The summed E-state index contributed by atoms with van der Waals surface area (Å²) < 4.78 is 17.2. The molecule has 0 fully saturated rings. The Balaban J connectivity index is 2.20. The van der Waals surface area contributed by atoms with Gasteiger partial charge in [-0.2, -0.15) is 0 Å². The summed E-state index contributed by atoms with van der Waals surface area (Å²) in [5, 5.41) is 11.2. The molecule has 1 aromatic carbocycles. The third-order valence-electron chi connectivity index (χ3n) is 6.38. The molecule has 0 amide bonds. The molecule has 1 aliphatic heterocycles. The van der Waals surface area contributed by atoms with E-state index in [2.05, 4.69) is 26.5 Å². The number of ether oxygens (including phenoxy) is 3. The molecule has 1 aromatic rings. The summed E-state index contributed by atoms with van der Waals surface area (Å²) in [6.45, 7) is 12.3. The van der Waals surface area contributed by atoms with Crippen LogP contribution in [-0.2, 0) is 15.9 Å². The van der Waals surface area contributed by atoms with Gasteiger partial charge in [0.2, 0.25) is 0 Å². The van der Waals surface area contributed by atoms with E-state index in [0.29, 0.717) is 23.3 Å². The number of methoxy groups -OCH3 is 1. The molecular weight excluding hydrogens is 392 g/mol. The molecule has 1 aliphatic carbocycles. The van der Waals surface area contributed by atoms with Gasteiger partial charge in [0.15, 0.2) is 0 Å². The number of benzene rings is 1. The van der Waals surface area contributed by atoms with Crippen molar-refractivity contribution < 1.29 is 24.1 Å². The SMILES string of the molecule is C=C(C)[C@@H]1CCC(C)=C[C@H]1c1c(O)cc(CCCCC)c2c1OC(C)(COC)OC2=O. The zero-order valence-corrected chi connectivity index (χ0v) is 19.5.